The van der Waals surface area contributed by atoms with Crippen molar-refractivity contribution in [2.75, 3.05) is 6.23 Å². The second-order valence-electron chi connectivity index (χ2n) is 3.12. The predicted octanol–water partition coefficient (Wildman–Crippen LogP) is 0.621. The van der Waals surface area contributed by atoms with E-state index in [1.165, 1.54) is 0 Å². The Hall–Kier alpha value is -0.833. The smallest absolute Gasteiger partial charge is 0.333 e. The van der Waals surface area contributed by atoms with Crippen molar-refractivity contribution in [3.05, 3.63) is 24.8 Å². The molecule has 3 heteroatoms. The molecule has 0 heterocycles. The van der Waals surface area contributed by atoms with Gasteiger partial charge in [-0.1, -0.05) is 26.5 Å². The Balaban J connectivity index is 4.39. The lowest BCUT2D eigenvalue weighted by molar-refractivity contribution is -0.137. The van der Waals surface area contributed by atoms with E-state index in [4.69, 9.17) is 4.74 Å². The Labute approximate surface area is 76.7 Å². The topological polar surface area (TPSA) is 26.3 Å². The Morgan fingerprint density at radius 2 is 2.17 bits per heavy atom. The van der Waals surface area contributed by atoms with Crippen molar-refractivity contribution < 1.29 is 9.53 Å². The van der Waals surface area contributed by atoms with Crippen LogP contribution in [0.4, 0.5) is 0 Å². The fourth-order valence-electron chi connectivity index (χ4n) is 0.604. The standard InChI is InChI=1S/C9H16O2Si/c1-5-9(3,4)7(2)8(10)11-6-12/h5H,1-2,6H2,3-4,12H3. The van der Waals surface area contributed by atoms with Gasteiger partial charge in [0, 0.05) is 11.0 Å². The summed E-state index contributed by atoms with van der Waals surface area (Å²) in [6.07, 6.45) is 2.22. The van der Waals surface area contributed by atoms with Crippen LogP contribution in [0.2, 0.25) is 0 Å². The molecule has 0 spiro atoms. The quantitative estimate of drug-likeness (QED) is 0.277. The third-order valence-electron chi connectivity index (χ3n) is 1.81. The molecule has 0 fully saturated rings. The van der Waals surface area contributed by atoms with Crippen LogP contribution in [-0.2, 0) is 9.53 Å². The van der Waals surface area contributed by atoms with Crippen molar-refractivity contribution in [3.8, 4) is 0 Å². The maximum atomic E-state index is 11.2. The van der Waals surface area contributed by atoms with Crippen LogP contribution in [-0.4, -0.2) is 22.4 Å². The van der Waals surface area contributed by atoms with Gasteiger partial charge in [-0.15, -0.1) is 6.58 Å². The summed E-state index contributed by atoms with van der Waals surface area (Å²) in [5.74, 6) is -0.310. The summed E-state index contributed by atoms with van der Waals surface area (Å²) in [4.78, 5) is 11.2. The molecule has 0 saturated carbocycles. The minimum absolute atomic E-state index is 0.310. The third-order valence-corrected chi connectivity index (χ3v) is 2.10. The van der Waals surface area contributed by atoms with E-state index in [0.717, 1.165) is 10.2 Å². The molecule has 0 aliphatic carbocycles. The zero-order valence-electron chi connectivity index (χ0n) is 8.02. The molecule has 0 aliphatic heterocycles. The maximum absolute atomic E-state index is 11.2. The molecule has 0 atom stereocenters. The highest BCUT2D eigenvalue weighted by Gasteiger charge is 2.24. The molecule has 0 radical (unpaired) electrons. The summed E-state index contributed by atoms with van der Waals surface area (Å²) >= 11 is 0. The first-order chi connectivity index (χ1) is 5.45. The summed E-state index contributed by atoms with van der Waals surface area (Å²) in [6, 6.07) is 0. The normalized spacial score (nSPS) is 10.8. The monoisotopic (exact) mass is 184 g/mol. The van der Waals surface area contributed by atoms with Gasteiger partial charge >= 0.3 is 5.97 Å². The zero-order valence-corrected chi connectivity index (χ0v) is 10.0. The molecule has 0 rings (SSSR count). The molecule has 0 N–H and O–H groups in total. The Morgan fingerprint density at radius 1 is 1.67 bits per heavy atom. The van der Waals surface area contributed by atoms with Crippen molar-refractivity contribution in [1.29, 1.82) is 0 Å². The van der Waals surface area contributed by atoms with E-state index in [1.807, 2.05) is 13.8 Å². The van der Waals surface area contributed by atoms with Crippen LogP contribution < -0.4 is 0 Å². The second-order valence-corrected chi connectivity index (χ2v) is 3.70. The SMILES string of the molecule is C=CC(C)(C)C(=C)C(=O)OC[SiH3]. The molecule has 0 saturated heterocycles. The van der Waals surface area contributed by atoms with E-state index in [0.29, 0.717) is 11.8 Å². The fraction of sp³-hybridized carbons (Fsp3) is 0.444. The van der Waals surface area contributed by atoms with Crippen LogP contribution in [0.25, 0.3) is 0 Å². The predicted molar refractivity (Wildman–Crippen MR) is 54.0 cm³/mol. The highest BCUT2D eigenvalue weighted by molar-refractivity contribution is 6.09. The Bertz CT molecular complexity index is 207. The lowest BCUT2D eigenvalue weighted by atomic mass is 9.85. The number of hydrogen-bond donors (Lipinski definition) is 0. The van der Waals surface area contributed by atoms with Gasteiger partial charge < -0.3 is 4.74 Å². The van der Waals surface area contributed by atoms with E-state index in [2.05, 4.69) is 13.2 Å². The molecular formula is C9H16O2Si. The van der Waals surface area contributed by atoms with Crippen LogP contribution in [0.3, 0.4) is 0 Å². The molecule has 0 aromatic carbocycles. The molecule has 12 heavy (non-hydrogen) atoms. The molecule has 0 aromatic rings. The summed E-state index contributed by atoms with van der Waals surface area (Å²) in [6.45, 7) is 11.1. The number of rotatable bonds is 4. The van der Waals surface area contributed by atoms with Crippen LogP contribution >= 0.6 is 0 Å². The maximum Gasteiger partial charge on any atom is 0.333 e. The van der Waals surface area contributed by atoms with Gasteiger partial charge in [0.1, 0.15) is 0 Å². The second kappa shape index (κ2) is 4.26. The minimum atomic E-state index is -0.367. The fourth-order valence-corrected chi connectivity index (χ4v) is 0.867. The van der Waals surface area contributed by atoms with Gasteiger partial charge in [-0.2, -0.15) is 0 Å². The van der Waals surface area contributed by atoms with E-state index in [-0.39, 0.29) is 11.4 Å². The summed E-state index contributed by atoms with van der Waals surface area (Å²) in [7, 11) is 0.861. The van der Waals surface area contributed by atoms with Crippen molar-refractivity contribution in [2.24, 2.45) is 5.41 Å². The van der Waals surface area contributed by atoms with Crippen molar-refractivity contribution >= 4 is 16.2 Å². The molecule has 0 unspecified atom stereocenters. The Kier molecular flexibility index (Phi) is 3.96. The molecular weight excluding hydrogens is 168 g/mol. The lowest BCUT2D eigenvalue weighted by Gasteiger charge is -2.20. The van der Waals surface area contributed by atoms with Gasteiger partial charge in [0.2, 0.25) is 0 Å². The highest BCUT2D eigenvalue weighted by Crippen LogP contribution is 2.26. The lowest BCUT2D eigenvalue weighted by Crippen LogP contribution is -2.20. The molecule has 2 nitrogen and oxygen atoms in total. The van der Waals surface area contributed by atoms with Crippen molar-refractivity contribution in [1.82, 2.24) is 0 Å². The highest BCUT2D eigenvalue weighted by atomic mass is 28.1. The van der Waals surface area contributed by atoms with Crippen LogP contribution in [0, 0.1) is 5.41 Å². The Morgan fingerprint density at radius 3 is 2.50 bits per heavy atom. The number of allylic oxidation sites excluding steroid dienone is 1. The number of carbonyl (C=O) groups is 1. The third kappa shape index (κ3) is 2.66. The average Bonchev–Trinajstić information content (AvgIpc) is 2.03. The first-order valence-corrected chi connectivity index (χ1v) is 5.37. The number of carbonyl (C=O) groups excluding carboxylic acids is 1. The summed E-state index contributed by atoms with van der Waals surface area (Å²) in [5.41, 5.74) is 0.0988. The molecule has 0 amide bonds. The largest absolute Gasteiger partial charge is 0.467 e. The number of esters is 1. The molecule has 0 bridgehead atoms. The first-order valence-electron chi connectivity index (χ1n) is 3.95. The van der Waals surface area contributed by atoms with Gasteiger partial charge in [0.05, 0.1) is 16.5 Å². The van der Waals surface area contributed by atoms with Crippen LogP contribution in [0.5, 0.6) is 0 Å². The van der Waals surface area contributed by atoms with E-state index in [1.54, 1.807) is 6.08 Å². The van der Waals surface area contributed by atoms with E-state index < -0.39 is 0 Å². The van der Waals surface area contributed by atoms with Gasteiger partial charge in [-0.05, 0) is 0 Å². The average molecular weight is 184 g/mol. The summed E-state index contributed by atoms with van der Waals surface area (Å²) in [5, 5.41) is 0. The minimum Gasteiger partial charge on any atom is -0.467 e. The van der Waals surface area contributed by atoms with Crippen LogP contribution in [0.1, 0.15) is 13.8 Å². The molecule has 0 aliphatic rings. The molecule has 68 valence electrons. The first kappa shape index (κ1) is 11.2. The van der Waals surface area contributed by atoms with Crippen molar-refractivity contribution in [2.45, 2.75) is 13.8 Å². The van der Waals surface area contributed by atoms with E-state index >= 15 is 0 Å². The zero-order chi connectivity index (χ0) is 9.78. The van der Waals surface area contributed by atoms with Gasteiger partial charge in [0.25, 0.3) is 0 Å². The van der Waals surface area contributed by atoms with Crippen molar-refractivity contribution in [3.63, 3.8) is 0 Å². The molecule has 0 aromatic heterocycles. The van der Waals surface area contributed by atoms with Gasteiger partial charge in [-0.25, -0.2) is 4.79 Å². The van der Waals surface area contributed by atoms with E-state index in [9.17, 15) is 4.79 Å². The van der Waals surface area contributed by atoms with Gasteiger partial charge in [-0.3, -0.25) is 0 Å². The summed E-state index contributed by atoms with van der Waals surface area (Å²) < 4.78 is 4.87. The number of hydrogen-bond acceptors (Lipinski definition) is 2. The van der Waals surface area contributed by atoms with Crippen LogP contribution in [0.15, 0.2) is 24.8 Å². The van der Waals surface area contributed by atoms with Gasteiger partial charge in [0.15, 0.2) is 0 Å². The number of ether oxygens (including phenoxy) is 1.